The van der Waals surface area contributed by atoms with Crippen molar-refractivity contribution in [3.8, 4) is 0 Å². The van der Waals surface area contributed by atoms with Crippen molar-refractivity contribution in [3.05, 3.63) is 29.8 Å². The lowest BCUT2D eigenvalue weighted by molar-refractivity contribution is -0.122. The summed E-state index contributed by atoms with van der Waals surface area (Å²) in [5, 5.41) is 12.5. The van der Waals surface area contributed by atoms with E-state index in [0.29, 0.717) is 0 Å². The van der Waals surface area contributed by atoms with E-state index in [9.17, 15) is 9.90 Å². The first kappa shape index (κ1) is 14.1. The molecular formula is C16H23NO2. The molecule has 1 aromatic carbocycles. The zero-order chi connectivity index (χ0) is 14.0. The van der Waals surface area contributed by atoms with Crippen LogP contribution >= 0.6 is 0 Å². The zero-order valence-corrected chi connectivity index (χ0v) is 11.9. The topological polar surface area (TPSA) is 49.3 Å². The Kier molecular flexibility index (Phi) is 3.95. The van der Waals surface area contributed by atoms with E-state index in [1.165, 1.54) is 0 Å². The standard InChI is InChI=1S/C16H23NO2/c1-11(18)12-6-4-7-13(10-12)17-15(19)14-8-5-9-16(14,2)3/h4,6-7,10-11,14,18H,5,8-9H2,1-3H3,(H,17,19). The second-order valence-corrected chi connectivity index (χ2v) is 6.22. The Morgan fingerprint density at radius 1 is 1.47 bits per heavy atom. The molecule has 1 fully saturated rings. The number of carbonyl (C=O) groups excluding carboxylic acids is 1. The van der Waals surface area contributed by atoms with Crippen LogP contribution in [0.2, 0.25) is 0 Å². The summed E-state index contributed by atoms with van der Waals surface area (Å²) in [6.45, 7) is 6.05. The van der Waals surface area contributed by atoms with Crippen molar-refractivity contribution in [2.45, 2.75) is 46.1 Å². The van der Waals surface area contributed by atoms with Gasteiger partial charge in [0, 0.05) is 11.6 Å². The fraction of sp³-hybridized carbons (Fsp3) is 0.562. The molecule has 1 saturated carbocycles. The average molecular weight is 261 g/mol. The molecule has 1 aromatic rings. The summed E-state index contributed by atoms with van der Waals surface area (Å²) < 4.78 is 0. The van der Waals surface area contributed by atoms with Gasteiger partial charge in [0.25, 0.3) is 0 Å². The van der Waals surface area contributed by atoms with Crippen LogP contribution in [-0.4, -0.2) is 11.0 Å². The summed E-state index contributed by atoms with van der Waals surface area (Å²) in [5.74, 6) is 0.188. The maximum atomic E-state index is 12.3. The number of aliphatic hydroxyl groups excluding tert-OH is 1. The Labute approximate surface area is 115 Å². The Morgan fingerprint density at radius 3 is 2.79 bits per heavy atom. The van der Waals surface area contributed by atoms with Gasteiger partial charge in [0.05, 0.1) is 6.10 Å². The molecule has 2 atom stereocenters. The normalized spacial score (nSPS) is 23.1. The van der Waals surface area contributed by atoms with E-state index in [1.807, 2.05) is 24.3 Å². The highest BCUT2D eigenvalue weighted by Crippen LogP contribution is 2.43. The largest absolute Gasteiger partial charge is 0.389 e. The van der Waals surface area contributed by atoms with Gasteiger partial charge >= 0.3 is 0 Å². The molecule has 19 heavy (non-hydrogen) atoms. The zero-order valence-electron chi connectivity index (χ0n) is 11.9. The number of aliphatic hydroxyl groups is 1. The number of nitrogens with one attached hydrogen (secondary N) is 1. The third kappa shape index (κ3) is 3.16. The lowest BCUT2D eigenvalue weighted by Gasteiger charge is -2.26. The first-order valence-corrected chi connectivity index (χ1v) is 6.99. The molecule has 0 bridgehead atoms. The second-order valence-electron chi connectivity index (χ2n) is 6.22. The van der Waals surface area contributed by atoms with Crippen LogP contribution < -0.4 is 5.32 Å². The first-order valence-electron chi connectivity index (χ1n) is 6.99. The highest BCUT2D eigenvalue weighted by atomic mass is 16.3. The molecule has 1 aliphatic rings. The second kappa shape index (κ2) is 5.33. The summed E-state index contributed by atoms with van der Waals surface area (Å²) in [5.41, 5.74) is 1.68. The van der Waals surface area contributed by atoms with Crippen LogP contribution in [-0.2, 0) is 4.79 Å². The van der Waals surface area contributed by atoms with Gasteiger partial charge in [0.1, 0.15) is 0 Å². The summed E-state index contributed by atoms with van der Waals surface area (Å²) in [7, 11) is 0. The van der Waals surface area contributed by atoms with Crippen molar-refractivity contribution in [2.24, 2.45) is 11.3 Å². The molecular weight excluding hydrogens is 238 g/mol. The fourth-order valence-corrected chi connectivity index (χ4v) is 2.92. The number of rotatable bonds is 3. The molecule has 3 heteroatoms. The van der Waals surface area contributed by atoms with Crippen molar-refractivity contribution in [1.29, 1.82) is 0 Å². The average Bonchev–Trinajstić information content (AvgIpc) is 2.69. The van der Waals surface area contributed by atoms with Crippen LogP contribution in [0.25, 0.3) is 0 Å². The van der Waals surface area contributed by atoms with E-state index in [4.69, 9.17) is 0 Å². The minimum absolute atomic E-state index is 0.0858. The molecule has 1 amide bonds. The number of amides is 1. The summed E-state index contributed by atoms with van der Waals surface area (Å²) in [6.07, 6.45) is 2.69. The Bertz CT molecular complexity index is 466. The molecule has 2 rings (SSSR count). The Balaban J connectivity index is 2.09. The monoisotopic (exact) mass is 261 g/mol. The summed E-state index contributed by atoms with van der Waals surface area (Å²) in [6, 6.07) is 7.42. The number of benzene rings is 1. The lowest BCUT2D eigenvalue weighted by Crippen LogP contribution is -2.30. The number of hydrogen-bond acceptors (Lipinski definition) is 2. The van der Waals surface area contributed by atoms with Gasteiger partial charge in [-0.05, 0) is 42.9 Å². The molecule has 0 saturated heterocycles. The predicted molar refractivity (Wildman–Crippen MR) is 76.8 cm³/mol. The van der Waals surface area contributed by atoms with E-state index >= 15 is 0 Å². The van der Waals surface area contributed by atoms with Gasteiger partial charge in [-0.1, -0.05) is 32.4 Å². The third-order valence-electron chi connectivity index (χ3n) is 4.21. The van der Waals surface area contributed by atoms with Gasteiger partial charge in [-0.15, -0.1) is 0 Å². The molecule has 1 aliphatic carbocycles. The van der Waals surface area contributed by atoms with Gasteiger partial charge in [-0.25, -0.2) is 0 Å². The number of carbonyl (C=O) groups is 1. The minimum Gasteiger partial charge on any atom is -0.389 e. The molecule has 0 heterocycles. The maximum absolute atomic E-state index is 12.3. The first-order chi connectivity index (χ1) is 8.90. The molecule has 0 radical (unpaired) electrons. The molecule has 0 spiro atoms. The highest BCUT2D eigenvalue weighted by Gasteiger charge is 2.39. The number of hydrogen-bond donors (Lipinski definition) is 2. The van der Waals surface area contributed by atoms with E-state index in [1.54, 1.807) is 6.92 Å². The van der Waals surface area contributed by atoms with Crippen molar-refractivity contribution in [2.75, 3.05) is 5.32 Å². The van der Waals surface area contributed by atoms with Crippen LogP contribution in [0.1, 0.15) is 51.7 Å². The molecule has 2 unspecified atom stereocenters. The van der Waals surface area contributed by atoms with Gasteiger partial charge in [-0.3, -0.25) is 4.79 Å². The highest BCUT2D eigenvalue weighted by molar-refractivity contribution is 5.93. The van der Waals surface area contributed by atoms with Crippen LogP contribution in [0, 0.1) is 11.3 Å². The third-order valence-corrected chi connectivity index (χ3v) is 4.21. The minimum atomic E-state index is -0.514. The van der Waals surface area contributed by atoms with Gasteiger partial charge in [0.2, 0.25) is 5.91 Å². The van der Waals surface area contributed by atoms with Crippen molar-refractivity contribution in [1.82, 2.24) is 0 Å². The number of anilines is 1. The van der Waals surface area contributed by atoms with Gasteiger partial charge in [0.15, 0.2) is 0 Å². The van der Waals surface area contributed by atoms with Crippen molar-refractivity contribution >= 4 is 11.6 Å². The van der Waals surface area contributed by atoms with E-state index in [0.717, 1.165) is 30.5 Å². The summed E-state index contributed by atoms with van der Waals surface area (Å²) >= 11 is 0. The van der Waals surface area contributed by atoms with E-state index < -0.39 is 6.10 Å². The van der Waals surface area contributed by atoms with Crippen LogP contribution in [0.3, 0.4) is 0 Å². The van der Waals surface area contributed by atoms with E-state index in [-0.39, 0.29) is 17.2 Å². The molecule has 0 aromatic heterocycles. The fourth-order valence-electron chi connectivity index (χ4n) is 2.92. The van der Waals surface area contributed by atoms with Crippen LogP contribution in [0.15, 0.2) is 24.3 Å². The predicted octanol–water partition coefficient (Wildman–Crippen LogP) is 3.50. The SMILES string of the molecule is CC(O)c1cccc(NC(=O)C2CCCC2(C)C)c1. The molecule has 0 aliphatic heterocycles. The van der Waals surface area contributed by atoms with Crippen molar-refractivity contribution < 1.29 is 9.90 Å². The molecule has 3 nitrogen and oxygen atoms in total. The summed E-state index contributed by atoms with van der Waals surface area (Å²) in [4.78, 5) is 12.3. The van der Waals surface area contributed by atoms with Crippen LogP contribution in [0.5, 0.6) is 0 Å². The van der Waals surface area contributed by atoms with Crippen molar-refractivity contribution in [3.63, 3.8) is 0 Å². The Morgan fingerprint density at radius 2 is 2.21 bits per heavy atom. The Hall–Kier alpha value is -1.35. The molecule has 104 valence electrons. The molecule has 2 N–H and O–H groups in total. The van der Waals surface area contributed by atoms with Gasteiger partial charge in [-0.2, -0.15) is 0 Å². The smallest absolute Gasteiger partial charge is 0.228 e. The lowest BCUT2D eigenvalue weighted by atomic mass is 9.81. The quantitative estimate of drug-likeness (QED) is 0.874. The van der Waals surface area contributed by atoms with Crippen LogP contribution in [0.4, 0.5) is 5.69 Å². The van der Waals surface area contributed by atoms with E-state index in [2.05, 4.69) is 19.2 Å². The van der Waals surface area contributed by atoms with Gasteiger partial charge < -0.3 is 10.4 Å². The maximum Gasteiger partial charge on any atom is 0.228 e.